The van der Waals surface area contributed by atoms with Gasteiger partial charge in [-0.1, -0.05) is 11.6 Å². The molecule has 1 atom stereocenters. The zero-order chi connectivity index (χ0) is 17.0. The fraction of sp³-hybridized carbons (Fsp3) is 0.600. The highest BCUT2D eigenvalue weighted by molar-refractivity contribution is 6.32. The molecule has 146 valence electrons. The fourth-order valence-electron chi connectivity index (χ4n) is 2.72. The van der Waals surface area contributed by atoms with Gasteiger partial charge in [0.1, 0.15) is 0 Å². The molecule has 1 aliphatic rings. The van der Waals surface area contributed by atoms with E-state index in [9.17, 15) is 17.6 Å². The summed E-state index contributed by atoms with van der Waals surface area (Å²) in [5.74, 6) is -0.861. The number of nitrogens with zero attached hydrogens (tertiary/aromatic N) is 1. The van der Waals surface area contributed by atoms with Gasteiger partial charge in [0.2, 0.25) is 0 Å². The van der Waals surface area contributed by atoms with E-state index in [0.717, 1.165) is 6.07 Å². The molecule has 1 saturated heterocycles. The van der Waals surface area contributed by atoms with Gasteiger partial charge in [0.15, 0.2) is 11.6 Å². The maximum absolute atomic E-state index is 14.1. The SMILES string of the molecule is CCOc1c(F)cc([C@@H](CC(F)(F)F)N2CCNCC2)cc1Cl.Cl.Cl. The average molecular weight is 428 g/mol. The van der Waals surface area contributed by atoms with Crippen LogP contribution < -0.4 is 10.1 Å². The van der Waals surface area contributed by atoms with Gasteiger partial charge in [-0.05, 0) is 24.6 Å². The van der Waals surface area contributed by atoms with Crippen LogP contribution in [0, 0.1) is 5.82 Å². The number of ether oxygens (including phenoxy) is 1. The van der Waals surface area contributed by atoms with Crippen molar-refractivity contribution in [1.29, 1.82) is 0 Å². The highest BCUT2D eigenvalue weighted by atomic mass is 35.5. The van der Waals surface area contributed by atoms with E-state index in [2.05, 4.69) is 5.32 Å². The normalized spacial score (nSPS) is 16.6. The molecule has 2 rings (SSSR count). The Balaban J connectivity index is 0.00000288. The second-order valence-corrected chi connectivity index (χ2v) is 5.77. The highest BCUT2D eigenvalue weighted by Crippen LogP contribution is 2.38. The molecule has 0 aromatic heterocycles. The molecule has 0 aliphatic carbocycles. The Morgan fingerprint density at radius 3 is 2.32 bits per heavy atom. The van der Waals surface area contributed by atoms with Crippen LogP contribution in [-0.2, 0) is 0 Å². The molecule has 0 bridgehead atoms. The number of hydrogen-bond acceptors (Lipinski definition) is 3. The van der Waals surface area contributed by atoms with Gasteiger partial charge in [0.05, 0.1) is 18.1 Å². The van der Waals surface area contributed by atoms with Crippen LogP contribution in [0.2, 0.25) is 5.02 Å². The van der Waals surface area contributed by atoms with E-state index in [-0.39, 0.29) is 47.8 Å². The predicted octanol–water partition coefficient (Wildman–Crippen LogP) is 4.62. The Kier molecular flexibility index (Phi) is 10.4. The van der Waals surface area contributed by atoms with E-state index < -0.39 is 24.5 Å². The lowest BCUT2D eigenvalue weighted by molar-refractivity contribution is -0.148. The summed E-state index contributed by atoms with van der Waals surface area (Å²) in [6, 6.07) is 1.50. The van der Waals surface area contributed by atoms with Crippen molar-refractivity contribution >= 4 is 36.4 Å². The molecular formula is C15H21Cl3F4N2O. The third kappa shape index (κ3) is 6.98. The van der Waals surface area contributed by atoms with Crippen molar-refractivity contribution in [1.82, 2.24) is 10.2 Å². The fourth-order valence-corrected chi connectivity index (χ4v) is 3.00. The van der Waals surface area contributed by atoms with Crippen molar-refractivity contribution in [2.45, 2.75) is 25.6 Å². The molecule has 1 N–H and O–H groups in total. The molecule has 25 heavy (non-hydrogen) atoms. The molecular weight excluding hydrogens is 407 g/mol. The summed E-state index contributed by atoms with van der Waals surface area (Å²) in [6.45, 7) is 4.03. The Hall–Kier alpha value is -0.470. The minimum absolute atomic E-state index is 0. The van der Waals surface area contributed by atoms with E-state index in [1.54, 1.807) is 11.8 Å². The van der Waals surface area contributed by atoms with Crippen LogP contribution in [0.15, 0.2) is 12.1 Å². The number of alkyl halides is 3. The Bertz CT molecular complexity index is 517. The summed E-state index contributed by atoms with van der Waals surface area (Å²) < 4.78 is 58.1. The van der Waals surface area contributed by atoms with Crippen LogP contribution in [0.5, 0.6) is 5.75 Å². The molecule has 1 fully saturated rings. The third-order valence-electron chi connectivity index (χ3n) is 3.71. The summed E-state index contributed by atoms with van der Waals surface area (Å²) in [6.07, 6.45) is -5.40. The first-order chi connectivity index (χ1) is 10.8. The Morgan fingerprint density at radius 1 is 1.24 bits per heavy atom. The van der Waals surface area contributed by atoms with Gasteiger partial charge >= 0.3 is 6.18 Å². The highest BCUT2D eigenvalue weighted by Gasteiger charge is 2.36. The van der Waals surface area contributed by atoms with Crippen molar-refractivity contribution in [2.75, 3.05) is 32.8 Å². The summed E-state index contributed by atoms with van der Waals surface area (Å²) in [5.41, 5.74) is 0.218. The van der Waals surface area contributed by atoms with Crippen LogP contribution in [0.3, 0.4) is 0 Å². The largest absolute Gasteiger partial charge is 0.489 e. The summed E-state index contributed by atoms with van der Waals surface area (Å²) in [5, 5.41) is 3.08. The summed E-state index contributed by atoms with van der Waals surface area (Å²) in [7, 11) is 0. The second-order valence-electron chi connectivity index (χ2n) is 5.37. The number of rotatable bonds is 5. The number of benzene rings is 1. The quantitative estimate of drug-likeness (QED) is 0.694. The molecule has 0 amide bonds. The first kappa shape index (κ1) is 24.5. The minimum Gasteiger partial charge on any atom is -0.489 e. The van der Waals surface area contributed by atoms with Crippen LogP contribution >= 0.6 is 36.4 Å². The molecule has 1 heterocycles. The van der Waals surface area contributed by atoms with Crippen LogP contribution in [-0.4, -0.2) is 43.9 Å². The standard InChI is InChI=1S/C15H19ClF4N2O.2ClH/c1-2-23-14-11(16)7-10(8-12(14)17)13(9-15(18,19)20)22-5-3-21-4-6-22;;/h7-8,13,21H,2-6,9H2,1H3;2*1H/t13-;;/m1../s1. The van der Waals surface area contributed by atoms with E-state index in [1.807, 2.05) is 0 Å². The van der Waals surface area contributed by atoms with Gasteiger partial charge in [-0.25, -0.2) is 4.39 Å². The predicted molar refractivity (Wildman–Crippen MR) is 94.9 cm³/mol. The summed E-state index contributed by atoms with van der Waals surface area (Å²) >= 11 is 5.99. The van der Waals surface area contributed by atoms with Gasteiger partial charge in [0.25, 0.3) is 0 Å². The lowest BCUT2D eigenvalue weighted by Gasteiger charge is -2.35. The van der Waals surface area contributed by atoms with E-state index in [0.29, 0.717) is 26.2 Å². The Labute approximate surface area is 161 Å². The minimum atomic E-state index is -4.35. The van der Waals surface area contributed by atoms with Crippen molar-refractivity contribution < 1.29 is 22.3 Å². The number of nitrogens with one attached hydrogen (secondary N) is 1. The molecule has 1 aliphatic heterocycles. The molecule has 10 heteroatoms. The van der Waals surface area contributed by atoms with E-state index in [1.165, 1.54) is 6.07 Å². The molecule has 1 aromatic rings. The van der Waals surface area contributed by atoms with Gasteiger partial charge in [-0.15, -0.1) is 24.8 Å². The van der Waals surface area contributed by atoms with Gasteiger partial charge in [-0.3, -0.25) is 4.90 Å². The first-order valence-corrected chi connectivity index (χ1v) is 7.83. The van der Waals surface area contributed by atoms with Gasteiger partial charge in [-0.2, -0.15) is 13.2 Å². The van der Waals surface area contributed by atoms with Gasteiger partial charge in [0, 0.05) is 32.2 Å². The summed E-state index contributed by atoms with van der Waals surface area (Å²) in [4.78, 5) is 1.70. The Morgan fingerprint density at radius 2 is 1.84 bits per heavy atom. The smallest absolute Gasteiger partial charge is 0.390 e. The van der Waals surface area contributed by atoms with Crippen molar-refractivity contribution in [3.05, 3.63) is 28.5 Å². The van der Waals surface area contributed by atoms with Crippen molar-refractivity contribution in [2.24, 2.45) is 0 Å². The van der Waals surface area contributed by atoms with Crippen LogP contribution in [0.4, 0.5) is 17.6 Å². The van der Waals surface area contributed by atoms with E-state index in [4.69, 9.17) is 16.3 Å². The first-order valence-electron chi connectivity index (χ1n) is 7.45. The van der Waals surface area contributed by atoms with Crippen LogP contribution in [0.1, 0.15) is 24.9 Å². The molecule has 0 unspecified atom stereocenters. The zero-order valence-electron chi connectivity index (χ0n) is 13.5. The maximum Gasteiger partial charge on any atom is 0.390 e. The zero-order valence-corrected chi connectivity index (χ0v) is 15.9. The van der Waals surface area contributed by atoms with Gasteiger partial charge < -0.3 is 10.1 Å². The number of hydrogen-bond donors (Lipinski definition) is 1. The molecule has 0 saturated carbocycles. The van der Waals surface area contributed by atoms with Crippen molar-refractivity contribution in [3.63, 3.8) is 0 Å². The molecule has 0 spiro atoms. The second kappa shape index (κ2) is 10.6. The van der Waals surface area contributed by atoms with Crippen molar-refractivity contribution in [3.8, 4) is 5.75 Å². The number of halogens is 7. The lowest BCUT2D eigenvalue weighted by atomic mass is 10.0. The maximum atomic E-state index is 14.1. The molecule has 3 nitrogen and oxygen atoms in total. The average Bonchev–Trinajstić information content (AvgIpc) is 2.48. The molecule has 1 aromatic carbocycles. The van der Waals surface area contributed by atoms with E-state index >= 15 is 0 Å². The van der Waals surface area contributed by atoms with Crippen LogP contribution in [0.25, 0.3) is 0 Å². The molecule has 0 radical (unpaired) electrons. The third-order valence-corrected chi connectivity index (χ3v) is 3.99. The monoisotopic (exact) mass is 426 g/mol. The lowest BCUT2D eigenvalue weighted by Crippen LogP contribution is -2.46. The topological polar surface area (TPSA) is 24.5 Å². The number of piperazine rings is 1.